The molecule has 6 heteroatoms. The van der Waals surface area contributed by atoms with Gasteiger partial charge in [0, 0.05) is 6.04 Å². The van der Waals surface area contributed by atoms with Crippen LogP contribution in [0.5, 0.6) is 0 Å². The molecule has 20 heavy (non-hydrogen) atoms. The molecule has 1 fully saturated rings. The van der Waals surface area contributed by atoms with Gasteiger partial charge in [0.2, 0.25) is 5.91 Å². The first-order valence-corrected chi connectivity index (χ1v) is 6.22. The van der Waals surface area contributed by atoms with E-state index in [4.69, 9.17) is 0 Å². The molecule has 1 aliphatic heterocycles. The highest BCUT2D eigenvalue weighted by Gasteiger charge is 2.42. The standard InChI is InChI=1S/C14H14F3NO2/c1-8(2)18-7-11(19)12(13(18)20)9-4-3-5-10(6-9)14(15,16)17/h3-6,8,12H,7H2,1-2H3. The van der Waals surface area contributed by atoms with Crippen molar-refractivity contribution in [3.8, 4) is 0 Å². The largest absolute Gasteiger partial charge is 0.416 e. The number of carbonyl (C=O) groups is 2. The normalized spacial score (nSPS) is 20.1. The van der Waals surface area contributed by atoms with E-state index in [-0.39, 0.29) is 23.9 Å². The number of hydrogen-bond donors (Lipinski definition) is 0. The fourth-order valence-electron chi connectivity index (χ4n) is 2.30. The number of rotatable bonds is 2. The molecule has 1 unspecified atom stereocenters. The third kappa shape index (κ3) is 2.55. The maximum Gasteiger partial charge on any atom is 0.416 e. The summed E-state index contributed by atoms with van der Waals surface area (Å²) in [6.07, 6.45) is -4.49. The molecule has 0 aliphatic carbocycles. The summed E-state index contributed by atoms with van der Waals surface area (Å²) in [4.78, 5) is 25.4. The van der Waals surface area contributed by atoms with Crippen LogP contribution in [-0.4, -0.2) is 29.2 Å². The summed E-state index contributed by atoms with van der Waals surface area (Å²) >= 11 is 0. The number of ketones is 1. The summed E-state index contributed by atoms with van der Waals surface area (Å²) in [5, 5.41) is 0. The molecular formula is C14H14F3NO2. The van der Waals surface area contributed by atoms with E-state index in [1.807, 2.05) is 0 Å². The number of amides is 1. The van der Waals surface area contributed by atoms with E-state index in [1.165, 1.54) is 17.0 Å². The van der Waals surface area contributed by atoms with Gasteiger partial charge in [-0.05, 0) is 25.5 Å². The van der Waals surface area contributed by atoms with Crippen LogP contribution in [0.25, 0.3) is 0 Å². The van der Waals surface area contributed by atoms with Gasteiger partial charge in [-0.1, -0.05) is 18.2 Å². The first-order chi connectivity index (χ1) is 9.21. The lowest BCUT2D eigenvalue weighted by atomic mass is 9.95. The molecule has 1 aliphatic rings. The highest BCUT2D eigenvalue weighted by atomic mass is 19.4. The zero-order valence-electron chi connectivity index (χ0n) is 11.1. The Bertz CT molecular complexity index is 552. The second-order valence-electron chi connectivity index (χ2n) is 5.08. The molecule has 0 radical (unpaired) electrons. The first kappa shape index (κ1) is 14.6. The molecule has 1 heterocycles. The van der Waals surface area contributed by atoms with Gasteiger partial charge in [0.1, 0.15) is 5.92 Å². The van der Waals surface area contributed by atoms with Crippen molar-refractivity contribution in [2.75, 3.05) is 6.54 Å². The van der Waals surface area contributed by atoms with Gasteiger partial charge in [0.25, 0.3) is 0 Å². The number of benzene rings is 1. The summed E-state index contributed by atoms with van der Waals surface area (Å²) < 4.78 is 38.0. The van der Waals surface area contributed by atoms with Gasteiger partial charge in [0.15, 0.2) is 5.78 Å². The molecule has 0 bridgehead atoms. The van der Waals surface area contributed by atoms with E-state index < -0.39 is 23.6 Å². The third-order valence-electron chi connectivity index (χ3n) is 3.35. The van der Waals surface area contributed by atoms with E-state index >= 15 is 0 Å². The molecule has 0 saturated carbocycles. The lowest BCUT2D eigenvalue weighted by Crippen LogP contribution is -2.33. The average Bonchev–Trinajstić information content (AvgIpc) is 2.64. The highest BCUT2D eigenvalue weighted by Crippen LogP contribution is 2.33. The molecule has 1 saturated heterocycles. The van der Waals surface area contributed by atoms with Gasteiger partial charge in [-0.2, -0.15) is 13.2 Å². The van der Waals surface area contributed by atoms with Crippen LogP contribution < -0.4 is 0 Å². The Labute approximate surface area is 114 Å². The third-order valence-corrected chi connectivity index (χ3v) is 3.35. The molecule has 108 valence electrons. The van der Waals surface area contributed by atoms with Gasteiger partial charge in [-0.25, -0.2) is 0 Å². The van der Waals surface area contributed by atoms with Crippen molar-refractivity contribution in [2.45, 2.75) is 32.0 Å². The molecular weight excluding hydrogens is 271 g/mol. The number of hydrogen-bond acceptors (Lipinski definition) is 2. The minimum atomic E-state index is -4.49. The minimum absolute atomic E-state index is 0.0442. The molecule has 1 aromatic rings. The molecule has 1 atom stereocenters. The van der Waals surface area contributed by atoms with Crippen molar-refractivity contribution in [3.63, 3.8) is 0 Å². The maximum absolute atomic E-state index is 12.7. The summed E-state index contributed by atoms with van der Waals surface area (Å²) in [6.45, 7) is 3.48. The predicted molar refractivity (Wildman–Crippen MR) is 66.0 cm³/mol. The van der Waals surface area contributed by atoms with Crippen LogP contribution in [0.2, 0.25) is 0 Å². The van der Waals surface area contributed by atoms with Gasteiger partial charge < -0.3 is 4.90 Å². The number of alkyl halides is 3. The van der Waals surface area contributed by atoms with Crippen molar-refractivity contribution < 1.29 is 22.8 Å². The quantitative estimate of drug-likeness (QED) is 0.783. The smallest absolute Gasteiger partial charge is 0.332 e. The Morgan fingerprint density at radius 1 is 1.25 bits per heavy atom. The minimum Gasteiger partial charge on any atom is -0.332 e. The van der Waals surface area contributed by atoms with Crippen molar-refractivity contribution in [3.05, 3.63) is 35.4 Å². The van der Waals surface area contributed by atoms with Crippen molar-refractivity contribution in [2.24, 2.45) is 0 Å². The van der Waals surface area contributed by atoms with Crippen LogP contribution in [0.3, 0.4) is 0 Å². The summed E-state index contributed by atoms with van der Waals surface area (Å²) in [5.74, 6) is -1.90. The van der Waals surface area contributed by atoms with E-state index in [9.17, 15) is 22.8 Å². The molecule has 3 nitrogen and oxygen atoms in total. The molecule has 1 aromatic carbocycles. The van der Waals surface area contributed by atoms with Crippen LogP contribution in [0.1, 0.15) is 30.9 Å². The summed E-state index contributed by atoms with van der Waals surface area (Å²) in [7, 11) is 0. The van der Waals surface area contributed by atoms with E-state index in [1.54, 1.807) is 13.8 Å². The molecule has 0 N–H and O–H groups in total. The highest BCUT2D eigenvalue weighted by molar-refractivity contribution is 6.13. The van der Waals surface area contributed by atoms with Gasteiger partial charge in [-0.3, -0.25) is 9.59 Å². The molecule has 2 rings (SSSR count). The fraction of sp³-hybridized carbons (Fsp3) is 0.429. The summed E-state index contributed by atoms with van der Waals surface area (Å²) in [5.41, 5.74) is -0.739. The monoisotopic (exact) mass is 285 g/mol. The van der Waals surface area contributed by atoms with Crippen molar-refractivity contribution >= 4 is 11.7 Å². The Balaban J connectivity index is 2.37. The van der Waals surface area contributed by atoms with Gasteiger partial charge in [0.05, 0.1) is 12.1 Å². The summed E-state index contributed by atoms with van der Waals surface area (Å²) in [6, 6.07) is 4.26. The van der Waals surface area contributed by atoms with E-state index in [0.717, 1.165) is 12.1 Å². The predicted octanol–water partition coefficient (Wildman–Crippen LogP) is 2.61. The second kappa shape index (κ2) is 4.92. The fourth-order valence-corrected chi connectivity index (χ4v) is 2.30. The van der Waals surface area contributed by atoms with Gasteiger partial charge in [-0.15, -0.1) is 0 Å². The van der Waals surface area contributed by atoms with Crippen LogP contribution >= 0.6 is 0 Å². The average molecular weight is 285 g/mol. The van der Waals surface area contributed by atoms with Crippen molar-refractivity contribution in [1.82, 2.24) is 4.90 Å². The SMILES string of the molecule is CC(C)N1CC(=O)C(c2cccc(C(F)(F)F)c2)C1=O. The molecule has 0 spiro atoms. The van der Waals surface area contributed by atoms with Crippen LogP contribution in [0.4, 0.5) is 13.2 Å². The Hall–Kier alpha value is -1.85. The van der Waals surface area contributed by atoms with Crippen LogP contribution in [0, 0.1) is 0 Å². The first-order valence-electron chi connectivity index (χ1n) is 6.22. The number of halogens is 3. The Morgan fingerprint density at radius 3 is 2.40 bits per heavy atom. The number of likely N-dealkylation sites (tertiary alicyclic amines) is 1. The zero-order chi connectivity index (χ0) is 15.1. The topological polar surface area (TPSA) is 37.4 Å². The molecule has 0 aromatic heterocycles. The number of nitrogens with zero attached hydrogens (tertiary/aromatic N) is 1. The maximum atomic E-state index is 12.7. The number of Topliss-reactive ketones (excluding diaryl/α,β-unsaturated/α-hetero) is 1. The Morgan fingerprint density at radius 2 is 1.90 bits per heavy atom. The number of carbonyl (C=O) groups excluding carboxylic acids is 2. The Kier molecular flexibility index (Phi) is 3.58. The second-order valence-corrected chi connectivity index (χ2v) is 5.08. The van der Waals surface area contributed by atoms with Crippen molar-refractivity contribution in [1.29, 1.82) is 0 Å². The van der Waals surface area contributed by atoms with Crippen LogP contribution in [-0.2, 0) is 15.8 Å². The van der Waals surface area contributed by atoms with E-state index in [2.05, 4.69) is 0 Å². The lowest BCUT2D eigenvalue weighted by Gasteiger charge is -2.20. The molecule has 1 amide bonds. The van der Waals surface area contributed by atoms with Gasteiger partial charge >= 0.3 is 6.18 Å². The van der Waals surface area contributed by atoms with E-state index in [0.29, 0.717) is 0 Å². The van der Waals surface area contributed by atoms with Crippen LogP contribution in [0.15, 0.2) is 24.3 Å². The zero-order valence-corrected chi connectivity index (χ0v) is 11.1. The lowest BCUT2D eigenvalue weighted by molar-refractivity contribution is -0.138.